The van der Waals surface area contributed by atoms with Crippen LogP contribution in [0.3, 0.4) is 0 Å². The molecule has 8 heteroatoms. The highest BCUT2D eigenvalue weighted by Gasteiger charge is 2.34. The minimum absolute atomic E-state index is 0.0315. The Balaban J connectivity index is 1.73. The summed E-state index contributed by atoms with van der Waals surface area (Å²) in [6.07, 6.45) is -3.20. The minimum Gasteiger partial charge on any atom is -0.497 e. The van der Waals surface area contributed by atoms with E-state index in [1.165, 1.54) is 6.07 Å². The fourth-order valence-electron chi connectivity index (χ4n) is 3.09. The van der Waals surface area contributed by atoms with Crippen molar-refractivity contribution in [3.05, 3.63) is 53.3 Å². The van der Waals surface area contributed by atoms with Crippen LogP contribution in [-0.2, 0) is 17.4 Å². The molecule has 1 aliphatic rings. The van der Waals surface area contributed by atoms with E-state index in [0.717, 1.165) is 30.2 Å². The number of carbonyl (C=O) groups is 1. The topological polar surface area (TPSA) is 41.6 Å². The molecule has 0 aliphatic carbocycles. The van der Waals surface area contributed by atoms with E-state index in [0.29, 0.717) is 18.4 Å². The Labute approximate surface area is 153 Å². The van der Waals surface area contributed by atoms with Crippen molar-refractivity contribution in [1.82, 2.24) is 0 Å². The molecule has 1 heterocycles. The normalized spacial score (nSPS) is 13.9. The van der Waals surface area contributed by atoms with Crippen molar-refractivity contribution in [2.24, 2.45) is 0 Å². The Morgan fingerprint density at radius 1 is 1.22 bits per heavy atom. The van der Waals surface area contributed by atoms with Gasteiger partial charge in [-0.2, -0.15) is 13.2 Å². The molecule has 4 nitrogen and oxygen atoms in total. The van der Waals surface area contributed by atoms with Crippen LogP contribution in [0.2, 0.25) is 0 Å². The summed E-state index contributed by atoms with van der Waals surface area (Å²) < 4.78 is 56.9. The van der Waals surface area contributed by atoms with Crippen LogP contribution in [0.25, 0.3) is 0 Å². The Morgan fingerprint density at radius 2 is 2.00 bits per heavy atom. The summed E-state index contributed by atoms with van der Waals surface area (Å²) in [5.41, 5.74) is 0.415. The number of nitrogens with zero attached hydrogens (tertiary/aromatic N) is 1. The highest BCUT2D eigenvalue weighted by molar-refractivity contribution is 5.97. The summed E-state index contributed by atoms with van der Waals surface area (Å²) in [6.45, 7) is 0.325. The number of hydrogen-bond acceptors (Lipinski definition) is 3. The van der Waals surface area contributed by atoms with E-state index in [1.54, 1.807) is 24.1 Å². The lowest BCUT2D eigenvalue weighted by molar-refractivity contribution is -0.139. The highest BCUT2D eigenvalue weighted by atomic mass is 19.4. The molecule has 1 N–H and O–H groups in total. The number of hydrogen-bond donors (Lipinski definition) is 1. The van der Waals surface area contributed by atoms with Gasteiger partial charge in [-0.15, -0.1) is 0 Å². The maximum Gasteiger partial charge on any atom is 0.419 e. The van der Waals surface area contributed by atoms with Crippen LogP contribution in [0.1, 0.15) is 17.5 Å². The molecular formula is C19H18F4N2O2. The average Bonchev–Trinajstić information content (AvgIpc) is 2.65. The summed E-state index contributed by atoms with van der Waals surface area (Å²) in [6, 6.07) is 8.00. The van der Waals surface area contributed by atoms with Crippen molar-refractivity contribution in [3.63, 3.8) is 0 Å². The molecule has 0 spiro atoms. The second-order valence-electron chi connectivity index (χ2n) is 6.19. The summed E-state index contributed by atoms with van der Waals surface area (Å²) in [5, 5.41) is 2.65. The number of carbonyl (C=O) groups excluding carboxylic acids is 1. The Morgan fingerprint density at radius 3 is 2.70 bits per heavy atom. The van der Waals surface area contributed by atoms with Crippen LogP contribution in [-0.4, -0.2) is 26.1 Å². The van der Waals surface area contributed by atoms with E-state index in [4.69, 9.17) is 4.74 Å². The molecule has 144 valence electrons. The van der Waals surface area contributed by atoms with E-state index in [-0.39, 0.29) is 18.1 Å². The van der Waals surface area contributed by atoms with Gasteiger partial charge < -0.3 is 15.0 Å². The predicted octanol–water partition coefficient (Wildman–Crippen LogP) is 4.24. The van der Waals surface area contributed by atoms with Gasteiger partial charge in [-0.1, -0.05) is 0 Å². The molecule has 0 radical (unpaired) electrons. The van der Waals surface area contributed by atoms with Crippen LogP contribution in [0.15, 0.2) is 36.4 Å². The van der Waals surface area contributed by atoms with Gasteiger partial charge in [-0.3, -0.25) is 4.79 Å². The molecule has 3 rings (SSSR count). The molecule has 0 saturated carbocycles. The van der Waals surface area contributed by atoms with Crippen LogP contribution >= 0.6 is 0 Å². The lowest BCUT2D eigenvalue weighted by atomic mass is 10.0. The van der Waals surface area contributed by atoms with Gasteiger partial charge >= 0.3 is 6.18 Å². The second-order valence-corrected chi connectivity index (χ2v) is 6.19. The van der Waals surface area contributed by atoms with Crippen LogP contribution in [0.4, 0.5) is 28.9 Å². The monoisotopic (exact) mass is 382 g/mol. The smallest absolute Gasteiger partial charge is 0.419 e. The van der Waals surface area contributed by atoms with Gasteiger partial charge in [-0.25, -0.2) is 4.39 Å². The SMILES string of the molecule is COc1ccc2c(c1)CCCN2C(=O)CNc1ccc(F)c(C(F)(F)F)c1. The van der Waals surface area contributed by atoms with Crippen molar-refractivity contribution in [2.45, 2.75) is 19.0 Å². The quantitative estimate of drug-likeness (QED) is 0.804. The van der Waals surface area contributed by atoms with Crippen LogP contribution < -0.4 is 15.0 Å². The fourth-order valence-corrected chi connectivity index (χ4v) is 3.09. The van der Waals surface area contributed by atoms with Crippen molar-refractivity contribution in [1.29, 1.82) is 0 Å². The van der Waals surface area contributed by atoms with Crippen molar-refractivity contribution < 1.29 is 27.1 Å². The van der Waals surface area contributed by atoms with Crippen LogP contribution in [0.5, 0.6) is 5.75 Å². The number of alkyl halides is 3. The van der Waals surface area contributed by atoms with Gasteiger partial charge in [-0.05, 0) is 54.8 Å². The van der Waals surface area contributed by atoms with E-state index in [9.17, 15) is 22.4 Å². The van der Waals surface area contributed by atoms with Gasteiger partial charge in [0, 0.05) is 17.9 Å². The first-order valence-electron chi connectivity index (χ1n) is 8.37. The number of nitrogens with one attached hydrogen (secondary N) is 1. The number of halogens is 4. The molecule has 0 atom stereocenters. The third-order valence-corrected chi connectivity index (χ3v) is 4.42. The molecule has 27 heavy (non-hydrogen) atoms. The zero-order chi connectivity index (χ0) is 19.6. The summed E-state index contributed by atoms with van der Waals surface area (Å²) in [7, 11) is 1.56. The zero-order valence-corrected chi connectivity index (χ0v) is 14.6. The van der Waals surface area contributed by atoms with Gasteiger partial charge in [0.25, 0.3) is 0 Å². The maximum absolute atomic E-state index is 13.3. The number of amides is 1. The molecule has 0 bridgehead atoms. The number of fused-ring (bicyclic) bond motifs is 1. The average molecular weight is 382 g/mol. The molecule has 2 aromatic carbocycles. The lowest BCUT2D eigenvalue weighted by Gasteiger charge is -2.30. The van der Waals surface area contributed by atoms with Crippen molar-refractivity contribution >= 4 is 17.3 Å². The third kappa shape index (κ3) is 4.15. The van der Waals surface area contributed by atoms with Crippen LogP contribution in [0, 0.1) is 5.82 Å². The fraction of sp³-hybridized carbons (Fsp3) is 0.316. The summed E-state index contributed by atoms with van der Waals surface area (Å²) in [5.74, 6) is -0.926. The molecule has 0 fully saturated rings. The van der Waals surface area contributed by atoms with Gasteiger partial charge in [0.15, 0.2) is 0 Å². The van der Waals surface area contributed by atoms with E-state index in [1.807, 2.05) is 6.07 Å². The highest BCUT2D eigenvalue weighted by Crippen LogP contribution is 2.33. The van der Waals surface area contributed by atoms with Gasteiger partial charge in [0.1, 0.15) is 11.6 Å². The minimum atomic E-state index is -4.79. The lowest BCUT2D eigenvalue weighted by Crippen LogP contribution is -2.39. The Hall–Kier alpha value is -2.77. The molecule has 1 aliphatic heterocycles. The number of benzene rings is 2. The maximum atomic E-state index is 13.3. The Kier molecular flexibility index (Phi) is 5.25. The number of aryl methyl sites for hydroxylation is 1. The zero-order valence-electron chi connectivity index (χ0n) is 14.6. The second kappa shape index (κ2) is 7.46. The first kappa shape index (κ1) is 19.0. The number of anilines is 2. The Bertz CT molecular complexity index is 852. The molecule has 2 aromatic rings. The van der Waals surface area contributed by atoms with Gasteiger partial charge in [0.05, 0.1) is 19.2 Å². The third-order valence-electron chi connectivity index (χ3n) is 4.42. The summed E-state index contributed by atoms with van der Waals surface area (Å²) >= 11 is 0. The molecule has 0 saturated heterocycles. The number of ether oxygens (including phenoxy) is 1. The molecule has 0 aromatic heterocycles. The number of rotatable bonds is 4. The van der Waals surface area contributed by atoms with E-state index in [2.05, 4.69) is 5.32 Å². The van der Waals surface area contributed by atoms with Crippen molar-refractivity contribution in [3.8, 4) is 5.75 Å². The number of methoxy groups -OCH3 is 1. The standard InChI is InChI=1S/C19H18F4N2O2/c1-27-14-5-7-17-12(9-14)3-2-8-25(17)18(26)11-24-13-4-6-16(20)15(10-13)19(21,22)23/h4-7,9-10,24H,2-3,8,11H2,1H3. The first-order chi connectivity index (χ1) is 12.8. The van der Waals surface area contributed by atoms with Gasteiger partial charge in [0.2, 0.25) is 5.91 Å². The molecule has 0 unspecified atom stereocenters. The first-order valence-corrected chi connectivity index (χ1v) is 8.37. The van der Waals surface area contributed by atoms with E-state index < -0.39 is 17.6 Å². The summed E-state index contributed by atoms with van der Waals surface area (Å²) in [4.78, 5) is 14.2. The van der Waals surface area contributed by atoms with E-state index >= 15 is 0 Å². The predicted molar refractivity (Wildman–Crippen MR) is 93.6 cm³/mol. The molecular weight excluding hydrogens is 364 g/mol. The largest absolute Gasteiger partial charge is 0.497 e. The molecule has 1 amide bonds. The van der Waals surface area contributed by atoms with Crippen molar-refractivity contribution in [2.75, 3.05) is 30.4 Å².